The molecule has 0 aliphatic heterocycles. The van der Waals surface area contributed by atoms with Gasteiger partial charge in [0, 0.05) is 55.6 Å². The fourth-order valence-corrected chi connectivity index (χ4v) is 18.3. The zero-order valence-electron chi connectivity index (χ0n) is 87.2. The minimum atomic E-state index is -0.0957. The minimum absolute atomic E-state index is 0.0425. The first kappa shape index (κ1) is 112. The number of benzene rings is 10. The molecule has 10 aromatic rings. The molecule has 15 nitrogen and oxygen atoms in total. The average Bonchev–Trinajstić information content (AvgIpc) is 0.876. The minimum Gasteiger partial charge on any atom is -0.497 e. The van der Waals surface area contributed by atoms with Crippen LogP contribution in [0, 0.1) is 118 Å². The molecule has 0 amide bonds. The summed E-state index contributed by atoms with van der Waals surface area (Å²) in [4.78, 5) is 61.9. The van der Waals surface area contributed by atoms with Crippen molar-refractivity contribution in [3.05, 3.63) is 298 Å². The second-order valence-electron chi connectivity index (χ2n) is 38.5. The maximum atomic E-state index is 12.4. The lowest BCUT2D eigenvalue weighted by Crippen LogP contribution is -2.25. The van der Waals surface area contributed by atoms with Crippen LogP contribution in [-0.4, -0.2) is 63.4 Å². The van der Waals surface area contributed by atoms with E-state index in [1.807, 2.05) is 250 Å². The number of hydrogen-bond acceptors (Lipinski definition) is 15. The highest BCUT2D eigenvalue weighted by Gasteiger charge is 2.32. The van der Waals surface area contributed by atoms with Gasteiger partial charge in [-0.3, -0.25) is 24.0 Å². The number of esters is 5. The van der Waals surface area contributed by atoms with Gasteiger partial charge in [-0.15, -0.1) is 0 Å². The number of methoxy groups -OCH3 is 1. The van der Waals surface area contributed by atoms with Crippen LogP contribution >= 0.6 is 0 Å². The zero-order chi connectivity index (χ0) is 102. The molecular formula is C130H150O15. The summed E-state index contributed by atoms with van der Waals surface area (Å²) in [7, 11) is 1.64. The number of carbonyl (C=O) groups excluding carboxylic acids is 5. The van der Waals surface area contributed by atoms with Crippen LogP contribution < -0.4 is 47.4 Å². The van der Waals surface area contributed by atoms with Gasteiger partial charge in [-0.05, 0) is 427 Å². The summed E-state index contributed by atoms with van der Waals surface area (Å²) >= 11 is 0. The van der Waals surface area contributed by atoms with Crippen molar-refractivity contribution < 1.29 is 71.3 Å². The van der Waals surface area contributed by atoms with Crippen LogP contribution in [0.5, 0.6) is 57.5 Å². The molecule has 0 radical (unpaired) electrons. The van der Waals surface area contributed by atoms with Crippen LogP contribution in [0.1, 0.15) is 317 Å². The predicted molar refractivity (Wildman–Crippen MR) is 580 cm³/mol. The monoisotopic (exact) mass is 1950 g/mol. The fraction of sp³-hybridized carbons (Fsp3) is 0.423. The summed E-state index contributed by atoms with van der Waals surface area (Å²) in [6.45, 7) is 22.4. The molecule has 5 saturated carbocycles. The van der Waals surface area contributed by atoms with Gasteiger partial charge in [-0.2, -0.15) is 0 Å². The largest absolute Gasteiger partial charge is 0.497 e. The van der Waals surface area contributed by atoms with Crippen molar-refractivity contribution >= 4 is 29.8 Å². The Bertz CT molecular complexity index is 5870. The SMILES string of the molecule is CCCCCOc1ccc(C#Cc2ccc(OC(=O)[C@H]3CC[C@H](CC)CC3)cc2)cc1.CCCCOc1ccc(C#Cc2ccc(OC(=O)[C@H]3CC[C@H](CC)CC3)cc2)cc1.CCCOc1ccc(C#Cc2ccc(OC(=O)[C@H]3CC[C@H](CC)CC3)cc2)cc1.CCOc1ccc(C#Cc2ccc(OC(=O)[C@H]3CC[C@H](CC)CC3)cc2)cc1.CC[C@H]1CC[C@H](C(=O)Oc2ccc(C#Cc3ccc(OC)cc3)cc2)CC1. The zero-order valence-corrected chi connectivity index (χ0v) is 87.2. The Morgan fingerprint density at radius 3 is 0.545 bits per heavy atom. The maximum absolute atomic E-state index is 12.4. The normalized spacial score (nSPS) is 18.4. The van der Waals surface area contributed by atoms with Crippen LogP contribution in [0.3, 0.4) is 0 Å². The Balaban J connectivity index is 0.000000173. The first-order valence-electron chi connectivity index (χ1n) is 53.6. The molecule has 0 heterocycles. The van der Waals surface area contributed by atoms with E-state index in [9.17, 15) is 24.0 Å². The van der Waals surface area contributed by atoms with Crippen molar-refractivity contribution in [2.45, 2.75) is 261 Å². The Morgan fingerprint density at radius 1 is 0.200 bits per heavy atom. The first-order chi connectivity index (χ1) is 70.9. The third-order valence-corrected chi connectivity index (χ3v) is 28.0. The number of carbonyl (C=O) groups is 5. The highest BCUT2D eigenvalue weighted by atomic mass is 16.6. The summed E-state index contributed by atoms with van der Waals surface area (Å²) in [5.74, 6) is 42.4. The lowest BCUT2D eigenvalue weighted by molar-refractivity contribution is -0.141. The quantitative estimate of drug-likeness (QED) is 0.0180. The number of unbranched alkanes of at least 4 members (excludes halogenated alkanes) is 3. The lowest BCUT2D eigenvalue weighted by Gasteiger charge is -2.26. The molecule has 15 heteroatoms. The van der Waals surface area contributed by atoms with Crippen molar-refractivity contribution in [2.75, 3.05) is 33.5 Å². The average molecular weight is 1950 g/mol. The van der Waals surface area contributed by atoms with Crippen molar-refractivity contribution in [2.24, 2.45) is 59.2 Å². The van der Waals surface area contributed by atoms with Crippen LogP contribution in [0.25, 0.3) is 0 Å². The second kappa shape index (κ2) is 62.8. The molecule has 0 N–H and O–H groups in total. The van der Waals surface area contributed by atoms with Gasteiger partial charge in [0.15, 0.2) is 0 Å². The van der Waals surface area contributed by atoms with Crippen molar-refractivity contribution in [3.8, 4) is 117 Å². The predicted octanol–water partition coefficient (Wildman–Crippen LogP) is 30.0. The van der Waals surface area contributed by atoms with Gasteiger partial charge in [0.05, 0.1) is 63.1 Å². The van der Waals surface area contributed by atoms with E-state index in [0.717, 1.165) is 288 Å². The number of hydrogen-bond donors (Lipinski definition) is 0. The lowest BCUT2D eigenvalue weighted by atomic mass is 9.81. The molecular weight excluding hydrogens is 1800 g/mol. The topological polar surface area (TPSA) is 178 Å². The molecule has 0 unspecified atom stereocenters. The van der Waals surface area contributed by atoms with Crippen molar-refractivity contribution in [1.82, 2.24) is 0 Å². The fourth-order valence-electron chi connectivity index (χ4n) is 18.3. The van der Waals surface area contributed by atoms with E-state index in [2.05, 4.69) is 115 Å². The van der Waals surface area contributed by atoms with Gasteiger partial charge < -0.3 is 47.4 Å². The highest BCUT2D eigenvalue weighted by Crippen LogP contribution is 2.38. The highest BCUT2D eigenvalue weighted by molar-refractivity contribution is 5.78. The van der Waals surface area contributed by atoms with Crippen molar-refractivity contribution in [3.63, 3.8) is 0 Å². The van der Waals surface area contributed by atoms with E-state index in [4.69, 9.17) is 47.4 Å². The maximum Gasteiger partial charge on any atom is 0.314 e. The van der Waals surface area contributed by atoms with Gasteiger partial charge in [0.25, 0.3) is 0 Å². The molecule has 0 spiro atoms. The Hall–Kier alpha value is -13.7. The summed E-state index contributed by atoms with van der Waals surface area (Å²) in [5, 5.41) is 0. The molecule has 5 fully saturated rings. The summed E-state index contributed by atoms with van der Waals surface area (Å²) in [5.41, 5.74) is 9.12. The smallest absolute Gasteiger partial charge is 0.314 e. The molecule has 0 saturated heterocycles. The third-order valence-electron chi connectivity index (χ3n) is 28.0. The summed E-state index contributed by atoms with van der Waals surface area (Å²) in [6, 6.07) is 76.0. The molecule has 5 aliphatic carbocycles. The van der Waals surface area contributed by atoms with E-state index in [1.54, 1.807) is 7.11 Å². The molecule has 0 atom stereocenters. The van der Waals surface area contributed by atoms with Gasteiger partial charge >= 0.3 is 29.8 Å². The van der Waals surface area contributed by atoms with E-state index < -0.39 is 0 Å². The second-order valence-corrected chi connectivity index (χ2v) is 38.5. The van der Waals surface area contributed by atoms with Crippen molar-refractivity contribution in [1.29, 1.82) is 0 Å². The van der Waals surface area contributed by atoms with Crippen LogP contribution in [-0.2, 0) is 24.0 Å². The molecule has 10 aromatic carbocycles. The van der Waals surface area contributed by atoms with Gasteiger partial charge in [0.2, 0.25) is 0 Å². The van der Waals surface area contributed by atoms with E-state index in [1.165, 1.54) is 44.9 Å². The van der Waals surface area contributed by atoms with Gasteiger partial charge in [-0.25, -0.2) is 0 Å². The first-order valence-corrected chi connectivity index (χ1v) is 53.6. The van der Waals surface area contributed by atoms with E-state index in [0.29, 0.717) is 35.4 Å². The number of ether oxygens (including phenoxy) is 10. The van der Waals surface area contributed by atoms with E-state index in [-0.39, 0.29) is 59.4 Å². The number of rotatable bonds is 30. The molecule has 145 heavy (non-hydrogen) atoms. The molecule has 5 aliphatic rings. The van der Waals surface area contributed by atoms with Gasteiger partial charge in [-0.1, -0.05) is 166 Å². The van der Waals surface area contributed by atoms with Crippen LogP contribution in [0.4, 0.5) is 0 Å². The van der Waals surface area contributed by atoms with E-state index >= 15 is 0 Å². The summed E-state index contributed by atoms with van der Waals surface area (Å²) in [6.07, 6.45) is 33.5. The Labute approximate surface area is 864 Å². The Morgan fingerprint density at radius 2 is 0.372 bits per heavy atom. The third kappa shape index (κ3) is 40.1. The summed E-state index contributed by atoms with van der Waals surface area (Å²) < 4.78 is 55.5. The Kier molecular flexibility index (Phi) is 48.4. The van der Waals surface area contributed by atoms with Crippen LogP contribution in [0.2, 0.25) is 0 Å². The van der Waals surface area contributed by atoms with Crippen LogP contribution in [0.15, 0.2) is 243 Å². The molecule has 760 valence electrons. The molecule has 0 aromatic heterocycles. The molecule has 0 bridgehead atoms. The van der Waals surface area contributed by atoms with Gasteiger partial charge in [0.1, 0.15) is 57.5 Å². The standard InChI is InChI=1S/C28H34O3.C27H32O3.C26H30O3.C25H28O3.C24H26O3/c1-3-5-6-21-30-26-17-11-23(12-18-26)7-8-24-13-19-27(20-14-24)31-28(29)25-15-9-22(4-2)10-16-25;1-3-5-20-29-25-16-10-22(11-17-25)6-7-23-12-18-26(19-13-23)30-27(28)24-14-8-21(4-2)9-15-24;1-3-19-28-24-15-9-21(10-16-24)5-6-22-11-17-25(18-12-22)29-26(27)23-13-7-20(4-2)8-14-23;1-3-19-7-13-22(14-8-19)25(26)28-24-17-11-21(12-18-24)6-5-20-9-15-23(16-10-20)27-4-2;1-3-18-6-12-21(13-7-18)24(25)27-23-16-10-20(11-17-23)5-4-19-8-14-22(26-2)15-9-19/h11-14,17-20,22,25H,3-6,9-10,15-16,21H2,1-2H3;10-13,16-19,21,24H,3-5,8-9,14-15,20H2,1-2H3;9-12,15-18,20,23H,3-4,7-8,13-14,19H2,1-2H3;9-12,15-19,22H,3-4,7-8,13-14H2,1-2H3;8-11,14-18,21H,3,6-7,12-13H2,1-2H3/t22-,25-;21-,24-;20-,23-;19-,22-;18-,21-. The molecule has 15 rings (SSSR count).